The lowest BCUT2D eigenvalue weighted by molar-refractivity contribution is -0.135. The highest BCUT2D eigenvalue weighted by atomic mass is 19.1. The number of likely N-dealkylation sites (tertiary alicyclic amines) is 2. The molecule has 2 saturated heterocycles. The third-order valence-electron chi connectivity index (χ3n) is 6.55. The Bertz CT molecular complexity index is 583. The molecule has 0 bridgehead atoms. The van der Waals surface area contributed by atoms with Crippen molar-refractivity contribution in [2.45, 2.75) is 45.5 Å². The number of carbonyl (C=O) groups is 2. The summed E-state index contributed by atoms with van der Waals surface area (Å²) in [5, 5.41) is 5.97. The molecule has 180 valence electrons. The first-order chi connectivity index (χ1) is 14.8. The monoisotopic (exact) mass is 446 g/mol. The summed E-state index contributed by atoms with van der Waals surface area (Å²) in [5.74, 6) is 0.970. The number of hydrogen-bond donors (Lipinski definition) is 2. The largest absolute Gasteiger partial charge is 0.450 e. The minimum absolute atomic E-state index is 0.0145. The van der Waals surface area contributed by atoms with E-state index in [1.54, 1.807) is 11.8 Å². The molecule has 0 aromatic rings. The van der Waals surface area contributed by atoms with Crippen LogP contribution in [0.4, 0.5) is 13.6 Å². The molecule has 3 rings (SSSR count). The van der Waals surface area contributed by atoms with E-state index in [1.165, 1.54) is 4.90 Å². The van der Waals surface area contributed by atoms with Gasteiger partial charge in [-0.25, -0.2) is 13.6 Å². The van der Waals surface area contributed by atoms with Gasteiger partial charge in [0.1, 0.15) is 12.3 Å². The van der Waals surface area contributed by atoms with Crippen molar-refractivity contribution in [1.82, 2.24) is 20.4 Å². The quantitative estimate of drug-likeness (QED) is 0.654. The van der Waals surface area contributed by atoms with Crippen molar-refractivity contribution in [1.29, 1.82) is 0 Å². The Morgan fingerprint density at radius 1 is 0.968 bits per heavy atom. The van der Waals surface area contributed by atoms with Crippen LogP contribution in [0.2, 0.25) is 0 Å². The zero-order valence-corrected chi connectivity index (χ0v) is 19.4. The molecule has 7 nitrogen and oxygen atoms in total. The molecule has 3 aliphatic rings. The Labute approximate surface area is 185 Å². The summed E-state index contributed by atoms with van der Waals surface area (Å²) >= 11 is 0. The molecule has 2 heterocycles. The second-order valence-corrected chi connectivity index (χ2v) is 8.99. The molecule has 31 heavy (non-hydrogen) atoms. The molecule has 2 amide bonds. The van der Waals surface area contributed by atoms with Gasteiger partial charge in [0.15, 0.2) is 0 Å². The molecule has 1 saturated carbocycles. The number of nitrogens with one attached hydrogen (secondary N) is 2. The number of ether oxygens (including phenoxy) is 1. The number of rotatable bonds is 6. The maximum Gasteiger partial charge on any atom is 0.409 e. The Hall–Kier alpha value is -1.48. The fourth-order valence-corrected chi connectivity index (χ4v) is 4.37. The van der Waals surface area contributed by atoms with Crippen molar-refractivity contribution < 1.29 is 23.1 Å². The van der Waals surface area contributed by atoms with Gasteiger partial charge in [0.2, 0.25) is 5.91 Å². The van der Waals surface area contributed by atoms with Crippen LogP contribution >= 0.6 is 0 Å². The number of alkyl halides is 2. The Balaban J connectivity index is 0.000000221. The minimum Gasteiger partial charge on any atom is -0.450 e. The van der Waals surface area contributed by atoms with Crippen LogP contribution in [0.25, 0.3) is 0 Å². The molecule has 0 aromatic carbocycles. The Morgan fingerprint density at radius 3 is 1.87 bits per heavy atom. The molecule has 6 atom stereocenters. The fraction of sp³-hybridized carbons (Fsp3) is 0.909. The van der Waals surface area contributed by atoms with E-state index in [-0.39, 0.29) is 30.2 Å². The van der Waals surface area contributed by atoms with E-state index in [0.717, 1.165) is 19.4 Å². The summed E-state index contributed by atoms with van der Waals surface area (Å²) in [5.41, 5.74) is 0. The Kier molecular flexibility index (Phi) is 10.4. The summed E-state index contributed by atoms with van der Waals surface area (Å²) < 4.78 is 32.2. The van der Waals surface area contributed by atoms with Crippen LogP contribution in [0, 0.1) is 23.7 Å². The lowest BCUT2D eigenvalue weighted by atomic mass is 9.94. The van der Waals surface area contributed by atoms with Gasteiger partial charge in [-0.1, -0.05) is 6.92 Å². The van der Waals surface area contributed by atoms with Gasteiger partial charge in [0.05, 0.1) is 19.7 Å². The summed E-state index contributed by atoms with van der Waals surface area (Å²) in [6, 6.07) is 0. The maximum atomic E-state index is 13.8. The second kappa shape index (κ2) is 12.5. The van der Waals surface area contributed by atoms with Crippen molar-refractivity contribution in [3.63, 3.8) is 0 Å². The lowest BCUT2D eigenvalue weighted by Crippen LogP contribution is -2.47. The van der Waals surface area contributed by atoms with Gasteiger partial charge in [-0.05, 0) is 46.2 Å². The normalized spacial score (nSPS) is 32.7. The van der Waals surface area contributed by atoms with Gasteiger partial charge in [0.25, 0.3) is 0 Å². The maximum absolute atomic E-state index is 13.8. The van der Waals surface area contributed by atoms with Gasteiger partial charge >= 0.3 is 6.09 Å². The van der Waals surface area contributed by atoms with Gasteiger partial charge in [-0.2, -0.15) is 0 Å². The molecule has 2 aliphatic heterocycles. The predicted octanol–water partition coefficient (Wildman–Crippen LogP) is 2.07. The number of piperidine rings is 2. The molecule has 0 aromatic heterocycles. The highest BCUT2D eigenvalue weighted by Gasteiger charge is 2.43. The van der Waals surface area contributed by atoms with Crippen molar-refractivity contribution in [2.75, 3.05) is 60.0 Å². The third-order valence-corrected chi connectivity index (χ3v) is 6.55. The van der Waals surface area contributed by atoms with Crippen molar-refractivity contribution in [2.24, 2.45) is 23.7 Å². The Morgan fingerprint density at radius 2 is 1.45 bits per heavy atom. The zero-order chi connectivity index (χ0) is 23.0. The highest BCUT2D eigenvalue weighted by molar-refractivity contribution is 5.81. The summed E-state index contributed by atoms with van der Waals surface area (Å²) in [7, 11) is 3.65. The molecular weight excluding hydrogens is 406 g/mol. The van der Waals surface area contributed by atoms with Gasteiger partial charge < -0.3 is 25.2 Å². The third kappa shape index (κ3) is 7.56. The van der Waals surface area contributed by atoms with Gasteiger partial charge in [-0.15, -0.1) is 0 Å². The van der Waals surface area contributed by atoms with E-state index >= 15 is 0 Å². The van der Waals surface area contributed by atoms with Crippen LogP contribution in [-0.4, -0.2) is 94.1 Å². The highest BCUT2D eigenvalue weighted by Crippen LogP contribution is 2.40. The van der Waals surface area contributed by atoms with E-state index in [4.69, 9.17) is 4.74 Å². The van der Waals surface area contributed by atoms with Crippen molar-refractivity contribution in [3.05, 3.63) is 0 Å². The van der Waals surface area contributed by atoms with Crippen LogP contribution in [0.5, 0.6) is 0 Å². The molecule has 0 spiro atoms. The molecular formula is C22H40F2N4O3. The zero-order valence-electron chi connectivity index (χ0n) is 19.4. The summed E-state index contributed by atoms with van der Waals surface area (Å²) in [4.78, 5) is 26.4. The van der Waals surface area contributed by atoms with Crippen LogP contribution in [-0.2, 0) is 9.53 Å². The van der Waals surface area contributed by atoms with Crippen LogP contribution in [0.15, 0.2) is 0 Å². The topological polar surface area (TPSA) is 73.9 Å². The van der Waals surface area contributed by atoms with E-state index < -0.39 is 18.4 Å². The predicted molar refractivity (Wildman–Crippen MR) is 116 cm³/mol. The van der Waals surface area contributed by atoms with E-state index in [0.29, 0.717) is 45.1 Å². The second-order valence-electron chi connectivity index (χ2n) is 8.99. The molecule has 1 aliphatic carbocycles. The summed E-state index contributed by atoms with van der Waals surface area (Å²) in [6.45, 7) is 7.33. The lowest BCUT2D eigenvalue weighted by Gasteiger charge is -2.34. The molecule has 9 heteroatoms. The first kappa shape index (κ1) is 25.8. The van der Waals surface area contributed by atoms with Crippen LogP contribution < -0.4 is 10.6 Å². The number of nitrogens with zero attached hydrogens (tertiary/aromatic N) is 2. The van der Waals surface area contributed by atoms with E-state index in [2.05, 4.69) is 17.6 Å². The molecule has 4 unspecified atom stereocenters. The number of amides is 2. The fourth-order valence-electron chi connectivity index (χ4n) is 4.37. The van der Waals surface area contributed by atoms with E-state index in [1.807, 2.05) is 14.1 Å². The SMILES string of the molecule is CCOC(=O)N1CCC(CNC)C(F)C1.CNCC1CCN(C(=O)[C@@H]2C[C@H]2C)CC1F. The average Bonchev–Trinajstić information content (AvgIpc) is 3.48. The van der Waals surface area contributed by atoms with Crippen LogP contribution in [0.3, 0.4) is 0 Å². The van der Waals surface area contributed by atoms with Crippen molar-refractivity contribution in [3.8, 4) is 0 Å². The first-order valence-electron chi connectivity index (χ1n) is 11.6. The van der Waals surface area contributed by atoms with Gasteiger partial charge in [-0.3, -0.25) is 4.79 Å². The van der Waals surface area contributed by atoms with Crippen LogP contribution in [0.1, 0.15) is 33.1 Å². The smallest absolute Gasteiger partial charge is 0.409 e. The van der Waals surface area contributed by atoms with Gasteiger partial charge in [0, 0.05) is 43.9 Å². The van der Waals surface area contributed by atoms with Crippen molar-refractivity contribution >= 4 is 12.0 Å². The molecule has 0 radical (unpaired) electrons. The first-order valence-corrected chi connectivity index (χ1v) is 11.6. The number of hydrogen-bond acceptors (Lipinski definition) is 5. The van der Waals surface area contributed by atoms with E-state index in [9.17, 15) is 18.4 Å². The summed E-state index contributed by atoms with van der Waals surface area (Å²) in [6.07, 6.45) is 0.264. The standard InChI is InChI=1S/C12H21FN2O.C10H19FN2O2/c1-8-5-10(8)12(16)15-4-3-9(6-14-2)11(13)7-15;1-3-15-10(14)13-5-4-8(6-12-2)9(11)7-13/h8-11,14H,3-7H2,1-2H3;8-9,12H,3-7H2,1-2H3/t8-,9?,10-,11?;/m1./s1. The molecule has 2 N–H and O–H groups in total. The number of halogens is 2. The minimum atomic E-state index is -0.949. The molecule has 3 fully saturated rings. The number of carbonyl (C=O) groups excluding carboxylic acids is 2. The average molecular weight is 447 g/mol.